The minimum Gasteiger partial charge on any atom is -0.497 e. The highest BCUT2D eigenvalue weighted by Gasteiger charge is 2.11. The van der Waals surface area contributed by atoms with Crippen LogP contribution in [0, 0.1) is 18.6 Å². The van der Waals surface area contributed by atoms with Gasteiger partial charge in [0.05, 0.1) is 7.11 Å². The summed E-state index contributed by atoms with van der Waals surface area (Å²) in [5, 5.41) is 3.14. The maximum Gasteiger partial charge on any atom is 0.131 e. The standard InChI is InChI=1S/C18H19F2NO/c1-11(2)18(13-5-7-15(22-4)8-6-13)21-17-10-14(19)9-16(20)12(17)3/h5-10,21H,1-4H3. The van der Waals surface area contributed by atoms with Crippen LogP contribution in [0.5, 0.6) is 5.75 Å². The van der Waals surface area contributed by atoms with E-state index in [1.807, 2.05) is 38.1 Å². The van der Waals surface area contributed by atoms with Gasteiger partial charge in [-0.1, -0.05) is 5.57 Å². The first-order valence-corrected chi connectivity index (χ1v) is 6.97. The summed E-state index contributed by atoms with van der Waals surface area (Å²) in [6.45, 7) is 5.50. The highest BCUT2D eigenvalue weighted by atomic mass is 19.1. The number of ether oxygens (including phenoxy) is 1. The van der Waals surface area contributed by atoms with Gasteiger partial charge in [0.25, 0.3) is 0 Å². The third kappa shape index (κ3) is 3.45. The van der Waals surface area contributed by atoms with E-state index < -0.39 is 11.6 Å². The van der Waals surface area contributed by atoms with E-state index in [0.717, 1.165) is 28.6 Å². The number of halogens is 2. The zero-order chi connectivity index (χ0) is 16.3. The van der Waals surface area contributed by atoms with Crippen LogP contribution in [0.4, 0.5) is 14.5 Å². The van der Waals surface area contributed by atoms with Crippen LogP contribution in [0.2, 0.25) is 0 Å². The molecule has 0 aliphatic heterocycles. The third-order valence-electron chi connectivity index (χ3n) is 3.45. The van der Waals surface area contributed by atoms with Crippen LogP contribution in [-0.4, -0.2) is 7.11 Å². The fourth-order valence-corrected chi connectivity index (χ4v) is 2.15. The third-order valence-corrected chi connectivity index (χ3v) is 3.45. The molecule has 0 atom stereocenters. The van der Waals surface area contributed by atoms with E-state index in [2.05, 4.69) is 5.32 Å². The predicted molar refractivity (Wildman–Crippen MR) is 86.0 cm³/mol. The van der Waals surface area contributed by atoms with E-state index in [1.165, 1.54) is 6.07 Å². The lowest BCUT2D eigenvalue weighted by atomic mass is 10.1. The summed E-state index contributed by atoms with van der Waals surface area (Å²) in [4.78, 5) is 0. The van der Waals surface area contributed by atoms with Crippen LogP contribution in [-0.2, 0) is 0 Å². The molecular formula is C18H19F2NO. The zero-order valence-electron chi connectivity index (χ0n) is 13.1. The van der Waals surface area contributed by atoms with Gasteiger partial charge >= 0.3 is 0 Å². The van der Waals surface area contributed by atoms with Crippen LogP contribution in [0.15, 0.2) is 42.0 Å². The monoisotopic (exact) mass is 303 g/mol. The fourth-order valence-electron chi connectivity index (χ4n) is 2.15. The van der Waals surface area contributed by atoms with Gasteiger partial charge in [0.1, 0.15) is 17.4 Å². The predicted octanol–water partition coefficient (Wildman–Crippen LogP) is 5.14. The van der Waals surface area contributed by atoms with Crippen LogP contribution >= 0.6 is 0 Å². The van der Waals surface area contributed by atoms with Crippen molar-refractivity contribution < 1.29 is 13.5 Å². The Labute approximate surface area is 129 Å². The van der Waals surface area contributed by atoms with Gasteiger partial charge < -0.3 is 10.1 Å². The summed E-state index contributed by atoms with van der Waals surface area (Å²) in [7, 11) is 1.61. The minimum atomic E-state index is -0.603. The van der Waals surface area contributed by atoms with Gasteiger partial charge in [-0.15, -0.1) is 0 Å². The van der Waals surface area contributed by atoms with Crippen LogP contribution in [0.1, 0.15) is 25.0 Å². The molecule has 2 nitrogen and oxygen atoms in total. The second-order valence-corrected chi connectivity index (χ2v) is 5.29. The first-order valence-electron chi connectivity index (χ1n) is 6.97. The molecule has 0 aromatic heterocycles. The smallest absolute Gasteiger partial charge is 0.131 e. The molecule has 0 aliphatic carbocycles. The van der Waals surface area contributed by atoms with Crippen LogP contribution in [0.3, 0.4) is 0 Å². The average Bonchev–Trinajstić information content (AvgIpc) is 2.49. The Morgan fingerprint density at radius 1 is 1.05 bits per heavy atom. The van der Waals surface area contributed by atoms with E-state index in [9.17, 15) is 8.78 Å². The average molecular weight is 303 g/mol. The Bertz CT molecular complexity index is 702. The molecule has 2 aromatic carbocycles. The first-order chi connectivity index (χ1) is 10.4. The van der Waals surface area contributed by atoms with Crippen molar-refractivity contribution in [2.75, 3.05) is 12.4 Å². The maximum absolute atomic E-state index is 13.7. The molecule has 0 spiro atoms. The molecule has 1 N–H and O–H groups in total. The maximum atomic E-state index is 13.7. The van der Waals surface area contributed by atoms with Crippen molar-refractivity contribution in [2.45, 2.75) is 20.8 Å². The van der Waals surface area contributed by atoms with E-state index in [0.29, 0.717) is 11.3 Å². The van der Waals surface area contributed by atoms with Crippen LogP contribution in [0.25, 0.3) is 5.70 Å². The molecule has 0 aliphatic rings. The van der Waals surface area contributed by atoms with Crippen molar-refractivity contribution >= 4 is 11.4 Å². The van der Waals surface area contributed by atoms with E-state index in [-0.39, 0.29) is 0 Å². The molecule has 0 fully saturated rings. The molecule has 22 heavy (non-hydrogen) atoms. The summed E-state index contributed by atoms with van der Waals surface area (Å²) >= 11 is 0. The normalized spacial score (nSPS) is 10.3. The van der Waals surface area contributed by atoms with Crippen LogP contribution < -0.4 is 10.1 Å². The second kappa shape index (κ2) is 6.60. The second-order valence-electron chi connectivity index (χ2n) is 5.29. The Kier molecular flexibility index (Phi) is 4.81. The number of allylic oxidation sites excluding steroid dienone is 1. The molecule has 0 bridgehead atoms. The highest BCUT2D eigenvalue weighted by molar-refractivity contribution is 5.80. The summed E-state index contributed by atoms with van der Waals surface area (Å²) in [6.07, 6.45) is 0. The van der Waals surface area contributed by atoms with E-state index >= 15 is 0 Å². The van der Waals surface area contributed by atoms with Crippen molar-refractivity contribution in [3.05, 3.63) is 64.7 Å². The first kappa shape index (κ1) is 16.0. The minimum absolute atomic E-state index is 0.383. The van der Waals surface area contributed by atoms with Crippen molar-refractivity contribution in [3.63, 3.8) is 0 Å². The molecule has 116 valence electrons. The lowest BCUT2D eigenvalue weighted by Gasteiger charge is -2.16. The van der Waals surface area contributed by atoms with Gasteiger partial charge in [-0.05, 0) is 56.7 Å². The summed E-state index contributed by atoms with van der Waals surface area (Å²) in [5.74, 6) is -0.413. The quantitative estimate of drug-likeness (QED) is 0.844. The number of benzene rings is 2. The van der Waals surface area contributed by atoms with Gasteiger partial charge in [0.15, 0.2) is 0 Å². The molecule has 2 rings (SSSR count). The van der Waals surface area contributed by atoms with Gasteiger partial charge in [-0.2, -0.15) is 0 Å². The molecule has 2 aromatic rings. The number of hydrogen-bond acceptors (Lipinski definition) is 2. The Balaban J connectivity index is 2.40. The molecular weight excluding hydrogens is 284 g/mol. The molecule has 0 radical (unpaired) electrons. The number of methoxy groups -OCH3 is 1. The van der Waals surface area contributed by atoms with Crippen molar-refractivity contribution in [1.82, 2.24) is 0 Å². The summed E-state index contributed by atoms with van der Waals surface area (Å²) in [5.41, 5.74) is 3.55. The lowest BCUT2D eigenvalue weighted by molar-refractivity contribution is 0.415. The largest absolute Gasteiger partial charge is 0.497 e. The SMILES string of the molecule is COc1ccc(C(Nc2cc(F)cc(F)c2C)=C(C)C)cc1. The Hall–Kier alpha value is -2.36. The van der Waals surface area contributed by atoms with Gasteiger partial charge in [0, 0.05) is 23.0 Å². The Morgan fingerprint density at radius 3 is 2.23 bits per heavy atom. The molecule has 0 saturated carbocycles. The highest BCUT2D eigenvalue weighted by Crippen LogP contribution is 2.27. The van der Waals surface area contributed by atoms with E-state index in [4.69, 9.17) is 4.74 Å². The fraction of sp³-hybridized carbons (Fsp3) is 0.222. The topological polar surface area (TPSA) is 21.3 Å². The Morgan fingerprint density at radius 2 is 1.68 bits per heavy atom. The molecule has 0 saturated heterocycles. The van der Waals surface area contributed by atoms with Crippen molar-refractivity contribution in [1.29, 1.82) is 0 Å². The van der Waals surface area contributed by atoms with Crippen molar-refractivity contribution in [3.8, 4) is 5.75 Å². The lowest BCUT2D eigenvalue weighted by Crippen LogP contribution is -2.04. The van der Waals surface area contributed by atoms with E-state index in [1.54, 1.807) is 14.0 Å². The van der Waals surface area contributed by atoms with Gasteiger partial charge in [-0.25, -0.2) is 8.78 Å². The summed E-state index contributed by atoms with van der Waals surface area (Å²) in [6, 6.07) is 9.68. The molecule has 0 unspecified atom stereocenters. The summed E-state index contributed by atoms with van der Waals surface area (Å²) < 4.78 is 32.3. The van der Waals surface area contributed by atoms with Gasteiger partial charge in [0.2, 0.25) is 0 Å². The van der Waals surface area contributed by atoms with Gasteiger partial charge in [-0.3, -0.25) is 0 Å². The number of hydrogen-bond donors (Lipinski definition) is 1. The zero-order valence-corrected chi connectivity index (χ0v) is 13.1. The molecule has 0 amide bonds. The number of rotatable bonds is 4. The van der Waals surface area contributed by atoms with Crippen molar-refractivity contribution in [2.24, 2.45) is 0 Å². The molecule has 4 heteroatoms. The number of nitrogens with one attached hydrogen (secondary N) is 1. The molecule has 0 heterocycles. The number of anilines is 1.